The summed E-state index contributed by atoms with van der Waals surface area (Å²) < 4.78 is 5.82. The molecule has 0 aliphatic carbocycles. The Balaban J connectivity index is 2.41. The first-order valence-corrected chi connectivity index (χ1v) is 5.21. The number of nitrogens with one attached hydrogen (secondary N) is 1. The number of rotatable bonds is 1. The number of hydrogen-bond acceptors (Lipinski definition) is 2. The highest BCUT2D eigenvalue weighted by Crippen LogP contribution is 2.28. The highest BCUT2D eigenvalue weighted by molar-refractivity contribution is 6.01. The fourth-order valence-corrected chi connectivity index (χ4v) is 2.01. The van der Waals surface area contributed by atoms with E-state index in [1.807, 2.05) is 45.3 Å². The minimum atomic E-state index is -0.0788. The van der Waals surface area contributed by atoms with Crippen molar-refractivity contribution in [3.8, 4) is 5.75 Å². The second kappa shape index (κ2) is 3.66. The Morgan fingerprint density at radius 3 is 2.60 bits per heavy atom. The summed E-state index contributed by atoms with van der Waals surface area (Å²) in [6.45, 7) is 1.93. The van der Waals surface area contributed by atoms with Gasteiger partial charge in [-0.3, -0.25) is 4.79 Å². The number of quaternary nitrogens is 1. The summed E-state index contributed by atoms with van der Waals surface area (Å²) >= 11 is 0. The number of ketones is 1. The Morgan fingerprint density at radius 2 is 1.93 bits per heavy atom. The fourth-order valence-electron chi connectivity index (χ4n) is 2.01. The minimum Gasteiger partial charge on any atom is -0.441 e. The molecule has 0 radical (unpaired) electrons. The van der Waals surface area contributed by atoms with Gasteiger partial charge in [-0.25, -0.2) is 0 Å². The van der Waals surface area contributed by atoms with E-state index in [4.69, 9.17) is 4.74 Å². The molecule has 3 heteroatoms. The molecule has 0 saturated heterocycles. The lowest BCUT2D eigenvalue weighted by atomic mass is 9.94. The van der Waals surface area contributed by atoms with Crippen molar-refractivity contribution in [1.82, 2.24) is 0 Å². The lowest BCUT2D eigenvalue weighted by Crippen LogP contribution is -3.12. The fraction of sp³-hybridized carbons (Fsp3) is 0.417. The lowest BCUT2D eigenvalue weighted by Gasteiger charge is -2.31. The van der Waals surface area contributed by atoms with Crippen LogP contribution in [0, 0.1) is 5.92 Å². The summed E-state index contributed by atoms with van der Waals surface area (Å²) in [5.41, 5.74) is 0.711. The maximum atomic E-state index is 12.0. The number of fused-ring (bicyclic) bond motifs is 1. The topological polar surface area (TPSA) is 30.7 Å². The Bertz CT molecular complexity index is 387. The van der Waals surface area contributed by atoms with Gasteiger partial charge < -0.3 is 9.64 Å². The molecule has 1 aliphatic rings. The third-order valence-corrected chi connectivity index (χ3v) is 2.84. The maximum absolute atomic E-state index is 12.0. The van der Waals surface area contributed by atoms with E-state index >= 15 is 0 Å². The first kappa shape index (κ1) is 10.2. The van der Waals surface area contributed by atoms with Crippen molar-refractivity contribution < 1.29 is 14.4 Å². The molecule has 2 unspecified atom stereocenters. The monoisotopic (exact) mass is 206 g/mol. The summed E-state index contributed by atoms with van der Waals surface area (Å²) in [6, 6.07) is 7.45. The van der Waals surface area contributed by atoms with Crippen LogP contribution in [0.5, 0.6) is 5.75 Å². The molecular formula is C12H16NO2+. The standard InChI is InChI=1S/C12H15NO2/c1-8-11(14)9-6-4-5-7-10(9)15-12(8)13(2)3/h4-8,12H,1-3H3/p+1. The largest absolute Gasteiger partial charge is 0.441 e. The van der Waals surface area contributed by atoms with Crippen molar-refractivity contribution in [2.24, 2.45) is 5.92 Å². The predicted molar refractivity (Wildman–Crippen MR) is 57.2 cm³/mol. The Morgan fingerprint density at radius 1 is 1.27 bits per heavy atom. The molecule has 0 fully saturated rings. The van der Waals surface area contributed by atoms with Crippen molar-refractivity contribution in [3.05, 3.63) is 29.8 Å². The highest BCUT2D eigenvalue weighted by Gasteiger charge is 2.37. The highest BCUT2D eigenvalue weighted by atomic mass is 16.5. The van der Waals surface area contributed by atoms with Crippen LogP contribution >= 0.6 is 0 Å². The number of ether oxygens (including phenoxy) is 1. The normalized spacial score (nSPS) is 24.9. The maximum Gasteiger partial charge on any atom is 0.241 e. The summed E-state index contributed by atoms with van der Waals surface area (Å²) in [7, 11) is 4.00. The first-order valence-electron chi connectivity index (χ1n) is 5.21. The van der Waals surface area contributed by atoms with Crippen LogP contribution in [0.25, 0.3) is 0 Å². The summed E-state index contributed by atoms with van der Waals surface area (Å²) in [4.78, 5) is 13.2. The van der Waals surface area contributed by atoms with E-state index in [1.165, 1.54) is 0 Å². The van der Waals surface area contributed by atoms with E-state index in [2.05, 4.69) is 0 Å². The second-order valence-corrected chi connectivity index (χ2v) is 4.26. The van der Waals surface area contributed by atoms with Crippen molar-refractivity contribution in [2.45, 2.75) is 13.2 Å². The number of benzene rings is 1. The van der Waals surface area contributed by atoms with Gasteiger partial charge in [-0.15, -0.1) is 0 Å². The van der Waals surface area contributed by atoms with Gasteiger partial charge in [0.2, 0.25) is 6.23 Å². The molecule has 3 nitrogen and oxygen atoms in total. The predicted octanol–water partition coefficient (Wildman–Crippen LogP) is 0.368. The Hall–Kier alpha value is -1.35. The Kier molecular flexibility index (Phi) is 2.49. The smallest absolute Gasteiger partial charge is 0.241 e. The van der Waals surface area contributed by atoms with Crippen molar-refractivity contribution in [2.75, 3.05) is 14.1 Å². The number of para-hydroxylation sites is 1. The van der Waals surface area contributed by atoms with Crippen LogP contribution in [-0.2, 0) is 0 Å². The summed E-state index contributed by atoms with van der Waals surface area (Å²) in [5, 5.41) is 0. The zero-order valence-electron chi connectivity index (χ0n) is 9.28. The van der Waals surface area contributed by atoms with Crippen LogP contribution in [-0.4, -0.2) is 26.1 Å². The molecule has 1 heterocycles. The van der Waals surface area contributed by atoms with Crippen LogP contribution in [0.15, 0.2) is 24.3 Å². The summed E-state index contributed by atoms with van der Waals surface area (Å²) in [5.74, 6) is 0.819. The average molecular weight is 206 g/mol. The molecule has 15 heavy (non-hydrogen) atoms. The quantitative estimate of drug-likeness (QED) is 0.719. The van der Waals surface area contributed by atoms with E-state index in [-0.39, 0.29) is 17.9 Å². The number of carbonyl (C=O) groups excluding carboxylic acids is 1. The molecule has 1 N–H and O–H groups in total. The molecule has 1 aliphatic heterocycles. The molecule has 0 spiro atoms. The molecule has 80 valence electrons. The van der Waals surface area contributed by atoms with E-state index in [9.17, 15) is 4.79 Å². The SMILES string of the molecule is CC1C(=O)c2ccccc2OC1[NH+](C)C. The van der Waals surface area contributed by atoms with Crippen LogP contribution in [0.4, 0.5) is 0 Å². The van der Waals surface area contributed by atoms with Gasteiger partial charge in [-0.05, 0) is 19.1 Å². The van der Waals surface area contributed by atoms with Crippen molar-refractivity contribution >= 4 is 5.78 Å². The molecule has 0 aromatic heterocycles. The number of Topliss-reactive ketones (excluding diaryl/α,β-unsaturated/α-hetero) is 1. The molecule has 0 saturated carbocycles. The van der Waals surface area contributed by atoms with Gasteiger partial charge in [0.05, 0.1) is 19.7 Å². The third-order valence-electron chi connectivity index (χ3n) is 2.84. The zero-order chi connectivity index (χ0) is 11.0. The van der Waals surface area contributed by atoms with Crippen LogP contribution in [0.1, 0.15) is 17.3 Å². The molecule has 2 rings (SSSR count). The third kappa shape index (κ3) is 1.63. The van der Waals surface area contributed by atoms with Crippen LogP contribution < -0.4 is 9.64 Å². The van der Waals surface area contributed by atoms with Crippen molar-refractivity contribution in [3.63, 3.8) is 0 Å². The molecule has 2 atom stereocenters. The van der Waals surface area contributed by atoms with Gasteiger partial charge in [0.25, 0.3) is 0 Å². The van der Waals surface area contributed by atoms with Gasteiger partial charge in [0.15, 0.2) is 5.78 Å². The van der Waals surface area contributed by atoms with Gasteiger partial charge in [0.1, 0.15) is 11.7 Å². The molecule has 0 bridgehead atoms. The first-order chi connectivity index (χ1) is 7.11. The van der Waals surface area contributed by atoms with E-state index in [0.717, 1.165) is 4.90 Å². The van der Waals surface area contributed by atoms with Crippen LogP contribution in [0.2, 0.25) is 0 Å². The van der Waals surface area contributed by atoms with Gasteiger partial charge in [0, 0.05) is 0 Å². The van der Waals surface area contributed by atoms with Crippen LogP contribution in [0.3, 0.4) is 0 Å². The number of hydrogen-bond donors (Lipinski definition) is 1. The van der Waals surface area contributed by atoms with Gasteiger partial charge >= 0.3 is 0 Å². The average Bonchev–Trinajstić information content (AvgIpc) is 2.23. The molecule has 1 aromatic carbocycles. The number of carbonyl (C=O) groups is 1. The summed E-state index contributed by atoms with van der Waals surface area (Å²) in [6.07, 6.45) is -0.0765. The second-order valence-electron chi connectivity index (χ2n) is 4.26. The van der Waals surface area contributed by atoms with E-state index in [0.29, 0.717) is 11.3 Å². The lowest BCUT2D eigenvalue weighted by molar-refractivity contribution is -0.909. The van der Waals surface area contributed by atoms with Gasteiger partial charge in [-0.1, -0.05) is 12.1 Å². The minimum absolute atomic E-state index is 0.0765. The zero-order valence-corrected chi connectivity index (χ0v) is 9.28. The van der Waals surface area contributed by atoms with Crippen molar-refractivity contribution in [1.29, 1.82) is 0 Å². The van der Waals surface area contributed by atoms with E-state index in [1.54, 1.807) is 0 Å². The molecule has 0 amide bonds. The Labute approximate surface area is 89.7 Å². The van der Waals surface area contributed by atoms with Gasteiger partial charge in [-0.2, -0.15) is 0 Å². The molecule has 1 aromatic rings. The molecular weight excluding hydrogens is 190 g/mol. The van der Waals surface area contributed by atoms with E-state index < -0.39 is 0 Å².